The molecule has 0 saturated carbocycles. The van der Waals surface area contributed by atoms with Crippen LogP contribution in [0.25, 0.3) is 0 Å². The second-order valence-electron chi connectivity index (χ2n) is 7.61. The summed E-state index contributed by atoms with van der Waals surface area (Å²) in [5.74, 6) is -0.381. The number of ether oxygens (including phenoxy) is 9. The van der Waals surface area contributed by atoms with Crippen molar-refractivity contribution >= 4 is 21.9 Å². The molecule has 0 aliphatic rings. The molecule has 0 aromatic rings. The standard InChI is InChI=1S/C22H43BrO10/c1-22(2,3)33-21(24)20-32-19-18-31-17-16-30-15-14-29-13-12-28-11-10-27-9-8-26-7-6-25-5-4-23/h4-20H2,1-3H3. The van der Waals surface area contributed by atoms with Gasteiger partial charge in [-0.25, -0.2) is 4.79 Å². The molecule has 33 heavy (non-hydrogen) atoms. The quantitative estimate of drug-likeness (QED) is 0.0957. The lowest BCUT2D eigenvalue weighted by Gasteiger charge is -2.19. The molecule has 0 aromatic heterocycles. The molecule has 0 aliphatic heterocycles. The van der Waals surface area contributed by atoms with E-state index in [4.69, 9.17) is 42.6 Å². The van der Waals surface area contributed by atoms with Crippen molar-refractivity contribution in [1.29, 1.82) is 0 Å². The molecule has 0 fully saturated rings. The van der Waals surface area contributed by atoms with Crippen LogP contribution in [-0.4, -0.2) is 123 Å². The van der Waals surface area contributed by atoms with E-state index in [2.05, 4.69) is 15.9 Å². The van der Waals surface area contributed by atoms with Crippen molar-refractivity contribution in [2.24, 2.45) is 0 Å². The van der Waals surface area contributed by atoms with Gasteiger partial charge in [0.2, 0.25) is 0 Å². The normalized spacial score (nSPS) is 11.8. The second-order valence-corrected chi connectivity index (χ2v) is 8.41. The predicted octanol–water partition coefficient (Wildman–Crippen LogP) is 1.86. The van der Waals surface area contributed by atoms with E-state index >= 15 is 0 Å². The van der Waals surface area contributed by atoms with Crippen LogP contribution in [0.5, 0.6) is 0 Å². The van der Waals surface area contributed by atoms with Gasteiger partial charge in [0, 0.05) is 5.33 Å². The maximum atomic E-state index is 11.4. The minimum Gasteiger partial charge on any atom is -0.458 e. The smallest absolute Gasteiger partial charge is 0.332 e. The molecule has 11 heteroatoms. The van der Waals surface area contributed by atoms with E-state index in [-0.39, 0.29) is 12.6 Å². The molecule has 0 rings (SSSR count). The summed E-state index contributed by atoms with van der Waals surface area (Å²) < 4.78 is 48.0. The van der Waals surface area contributed by atoms with Crippen LogP contribution in [0.2, 0.25) is 0 Å². The molecule has 0 aliphatic carbocycles. The molecule has 0 N–H and O–H groups in total. The first-order valence-electron chi connectivity index (χ1n) is 11.4. The molecule has 0 unspecified atom stereocenters. The Morgan fingerprint density at radius 1 is 0.515 bits per heavy atom. The fraction of sp³-hybridized carbons (Fsp3) is 0.955. The zero-order valence-electron chi connectivity index (χ0n) is 20.5. The molecule has 0 spiro atoms. The minimum atomic E-state index is -0.501. The highest BCUT2D eigenvalue weighted by Crippen LogP contribution is 2.06. The van der Waals surface area contributed by atoms with Gasteiger partial charge in [0.15, 0.2) is 0 Å². The Kier molecular flexibility index (Phi) is 24.5. The predicted molar refractivity (Wildman–Crippen MR) is 126 cm³/mol. The lowest BCUT2D eigenvalue weighted by molar-refractivity contribution is -0.160. The van der Waals surface area contributed by atoms with Gasteiger partial charge in [-0.1, -0.05) is 15.9 Å². The minimum absolute atomic E-state index is 0.0749. The Morgan fingerprint density at radius 2 is 0.788 bits per heavy atom. The number of hydrogen-bond donors (Lipinski definition) is 0. The summed E-state index contributed by atoms with van der Waals surface area (Å²) in [6.07, 6.45) is 0. The van der Waals surface area contributed by atoms with Crippen molar-refractivity contribution in [1.82, 2.24) is 0 Å². The van der Waals surface area contributed by atoms with E-state index in [1.165, 1.54) is 0 Å². The van der Waals surface area contributed by atoms with Crippen LogP contribution < -0.4 is 0 Å². The molecule has 198 valence electrons. The Labute approximate surface area is 206 Å². The van der Waals surface area contributed by atoms with Gasteiger partial charge in [0.25, 0.3) is 0 Å². The molecule has 0 heterocycles. The second kappa shape index (κ2) is 24.7. The van der Waals surface area contributed by atoms with Crippen LogP contribution in [0.4, 0.5) is 0 Å². The van der Waals surface area contributed by atoms with Crippen molar-refractivity contribution in [2.75, 3.05) is 111 Å². The molecule has 0 amide bonds. The number of hydrogen-bond acceptors (Lipinski definition) is 10. The summed E-state index contributed by atoms with van der Waals surface area (Å²) in [6.45, 7) is 13.0. The summed E-state index contributed by atoms with van der Waals surface area (Å²) in [4.78, 5) is 11.4. The van der Waals surface area contributed by atoms with Gasteiger partial charge in [-0.15, -0.1) is 0 Å². The van der Waals surface area contributed by atoms with Crippen LogP contribution in [0.15, 0.2) is 0 Å². The maximum Gasteiger partial charge on any atom is 0.332 e. The Balaban J connectivity index is 3.10. The molecule has 10 nitrogen and oxygen atoms in total. The number of carbonyl (C=O) groups excluding carboxylic acids is 1. The van der Waals surface area contributed by atoms with E-state index in [1.807, 2.05) is 20.8 Å². The van der Waals surface area contributed by atoms with Crippen LogP contribution in [0, 0.1) is 0 Å². The summed E-state index contributed by atoms with van der Waals surface area (Å²) >= 11 is 3.29. The molecular weight excluding hydrogens is 504 g/mol. The fourth-order valence-corrected chi connectivity index (χ4v) is 2.35. The van der Waals surface area contributed by atoms with Crippen LogP contribution in [0.3, 0.4) is 0 Å². The van der Waals surface area contributed by atoms with E-state index in [0.29, 0.717) is 99.1 Å². The number of carbonyl (C=O) groups is 1. The van der Waals surface area contributed by atoms with Gasteiger partial charge < -0.3 is 42.6 Å². The van der Waals surface area contributed by atoms with Gasteiger partial charge in [0.1, 0.15) is 12.2 Å². The molecule has 0 atom stereocenters. The molecule has 0 bridgehead atoms. The summed E-state index contributed by atoms with van der Waals surface area (Å²) in [6, 6.07) is 0. The monoisotopic (exact) mass is 546 g/mol. The highest BCUT2D eigenvalue weighted by molar-refractivity contribution is 9.09. The highest BCUT2D eigenvalue weighted by Gasteiger charge is 2.15. The Morgan fingerprint density at radius 3 is 1.06 bits per heavy atom. The average molecular weight is 547 g/mol. The van der Waals surface area contributed by atoms with E-state index in [9.17, 15) is 4.79 Å². The molecule has 0 radical (unpaired) electrons. The topological polar surface area (TPSA) is 100 Å². The lowest BCUT2D eigenvalue weighted by atomic mass is 10.2. The first-order valence-corrected chi connectivity index (χ1v) is 12.5. The molecule has 0 aromatic carbocycles. The SMILES string of the molecule is CC(C)(C)OC(=O)COCCOCCOCCOCCOCCOCCOCCOCCBr. The fourth-order valence-electron chi connectivity index (χ4n) is 2.12. The lowest BCUT2D eigenvalue weighted by Crippen LogP contribution is -2.27. The van der Waals surface area contributed by atoms with E-state index in [1.54, 1.807) is 0 Å². The largest absolute Gasteiger partial charge is 0.458 e. The first-order chi connectivity index (χ1) is 16.0. The van der Waals surface area contributed by atoms with Crippen LogP contribution in [-0.2, 0) is 47.4 Å². The number of rotatable bonds is 25. The van der Waals surface area contributed by atoms with Crippen molar-refractivity contribution in [3.05, 3.63) is 0 Å². The van der Waals surface area contributed by atoms with Crippen molar-refractivity contribution < 1.29 is 47.4 Å². The van der Waals surface area contributed by atoms with E-state index < -0.39 is 5.60 Å². The third-order valence-electron chi connectivity index (χ3n) is 3.47. The van der Waals surface area contributed by atoms with Crippen molar-refractivity contribution in [3.8, 4) is 0 Å². The summed E-state index contributed by atoms with van der Waals surface area (Å²) in [5, 5.41) is 0.836. The van der Waals surface area contributed by atoms with Crippen molar-refractivity contribution in [2.45, 2.75) is 26.4 Å². The summed E-state index contributed by atoms with van der Waals surface area (Å²) in [5.41, 5.74) is -0.501. The first kappa shape index (κ1) is 32.6. The molecule has 0 saturated heterocycles. The Bertz CT molecular complexity index is 420. The van der Waals surface area contributed by atoms with Crippen molar-refractivity contribution in [3.63, 3.8) is 0 Å². The third kappa shape index (κ3) is 29.6. The third-order valence-corrected chi connectivity index (χ3v) is 3.79. The van der Waals surface area contributed by atoms with Gasteiger partial charge in [-0.05, 0) is 20.8 Å². The van der Waals surface area contributed by atoms with Gasteiger partial charge >= 0.3 is 5.97 Å². The zero-order valence-corrected chi connectivity index (χ0v) is 22.1. The van der Waals surface area contributed by atoms with Gasteiger partial charge in [-0.3, -0.25) is 0 Å². The average Bonchev–Trinajstić information content (AvgIpc) is 2.75. The van der Waals surface area contributed by atoms with E-state index in [0.717, 1.165) is 5.33 Å². The van der Waals surface area contributed by atoms with Crippen LogP contribution >= 0.6 is 15.9 Å². The maximum absolute atomic E-state index is 11.4. The number of halogens is 1. The Hall–Kier alpha value is -0.370. The summed E-state index contributed by atoms with van der Waals surface area (Å²) in [7, 11) is 0. The number of alkyl halides is 1. The highest BCUT2D eigenvalue weighted by atomic mass is 79.9. The number of esters is 1. The van der Waals surface area contributed by atoms with Gasteiger partial charge in [0.05, 0.1) is 99.1 Å². The van der Waals surface area contributed by atoms with Gasteiger partial charge in [-0.2, -0.15) is 0 Å². The zero-order chi connectivity index (χ0) is 24.5. The molecular formula is C22H43BrO10. The van der Waals surface area contributed by atoms with Crippen LogP contribution in [0.1, 0.15) is 20.8 Å².